The van der Waals surface area contributed by atoms with Gasteiger partial charge in [0.25, 0.3) is 0 Å². The molecule has 1 aromatic carbocycles. The first-order valence-corrected chi connectivity index (χ1v) is 9.91. The molecule has 0 radical (unpaired) electrons. The Morgan fingerprint density at radius 2 is 1.81 bits per heavy atom. The van der Waals surface area contributed by atoms with Crippen LogP contribution in [-0.2, 0) is 11.3 Å². The summed E-state index contributed by atoms with van der Waals surface area (Å²) >= 11 is 0. The standard InChI is InChI=1S/C21H29N3O3/c1-25-18-7-8-19(26-2)20-17(18)13-15(14-22-16-5-3-4-6-16)21(23-20)24-9-11-27-12-10-24/h7-8,13,16,22H,3-6,9-12,14H2,1-2H3. The van der Waals surface area contributed by atoms with Gasteiger partial charge >= 0.3 is 0 Å². The predicted molar refractivity (Wildman–Crippen MR) is 107 cm³/mol. The molecular formula is C21H29N3O3. The summed E-state index contributed by atoms with van der Waals surface area (Å²) in [7, 11) is 3.39. The third kappa shape index (κ3) is 3.82. The summed E-state index contributed by atoms with van der Waals surface area (Å²) in [5.41, 5.74) is 2.06. The van der Waals surface area contributed by atoms with Gasteiger partial charge in [0.1, 0.15) is 22.8 Å². The molecule has 2 heterocycles. The molecule has 2 aliphatic rings. The van der Waals surface area contributed by atoms with Crippen molar-refractivity contribution in [2.24, 2.45) is 0 Å². The zero-order valence-electron chi connectivity index (χ0n) is 16.3. The number of hydrogen-bond acceptors (Lipinski definition) is 6. The van der Waals surface area contributed by atoms with Crippen LogP contribution in [0.5, 0.6) is 11.5 Å². The van der Waals surface area contributed by atoms with Gasteiger partial charge in [0.2, 0.25) is 0 Å². The molecule has 1 saturated carbocycles. The van der Waals surface area contributed by atoms with Gasteiger partial charge in [-0.25, -0.2) is 4.98 Å². The Morgan fingerprint density at radius 3 is 2.52 bits per heavy atom. The molecule has 2 fully saturated rings. The van der Waals surface area contributed by atoms with E-state index in [0.717, 1.165) is 61.1 Å². The molecule has 0 atom stereocenters. The number of aromatic nitrogens is 1. The van der Waals surface area contributed by atoms with Crippen LogP contribution < -0.4 is 19.7 Å². The van der Waals surface area contributed by atoms with Crippen molar-refractivity contribution in [2.75, 3.05) is 45.4 Å². The second kappa shape index (κ2) is 8.31. The summed E-state index contributed by atoms with van der Waals surface area (Å²) in [6, 6.07) is 6.71. The molecular weight excluding hydrogens is 342 g/mol. The second-order valence-electron chi connectivity index (χ2n) is 7.30. The van der Waals surface area contributed by atoms with Crippen molar-refractivity contribution in [3.63, 3.8) is 0 Å². The first-order valence-electron chi connectivity index (χ1n) is 9.91. The van der Waals surface area contributed by atoms with Crippen LogP contribution in [0.3, 0.4) is 0 Å². The number of hydrogen-bond donors (Lipinski definition) is 1. The Labute approximate surface area is 160 Å². The quantitative estimate of drug-likeness (QED) is 0.842. The van der Waals surface area contributed by atoms with Gasteiger partial charge < -0.3 is 24.4 Å². The van der Waals surface area contributed by atoms with E-state index in [0.29, 0.717) is 6.04 Å². The first-order chi connectivity index (χ1) is 13.3. The van der Waals surface area contributed by atoms with Crippen molar-refractivity contribution in [2.45, 2.75) is 38.3 Å². The predicted octanol–water partition coefficient (Wildman–Crippen LogP) is 3.12. The highest BCUT2D eigenvalue weighted by atomic mass is 16.5. The van der Waals surface area contributed by atoms with E-state index >= 15 is 0 Å². The lowest BCUT2D eigenvalue weighted by Gasteiger charge is -2.30. The van der Waals surface area contributed by atoms with Gasteiger partial charge in [0.05, 0.1) is 27.4 Å². The number of fused-ring (bicyclic) bond motifs is 1. The molecule has 1 N–H and O–H groups in total. The van der Waals surface area contributed by atoms with E-state index in [1.165, 1.54) is 31.2 Å². The van der Waals surface area contributed by atoms with Gasteiger partial charge in [-0.15, -0.1) is 0 Å². The summed E-state index contributed by atoms with van der Waals surface area (Å²) in [6.45, 7) is 4.03. The van der Waals surface area contributed by atoms with Crippen LogP contribution >= 0.6 is 0 Å². The summed E-state index contributed by atoms with van der Waals surface area (Å²) in [4.78, 5) is 7.38. The van der Waals surface area contributed by atoms with E-state index in [4.69, 9.17) is 19.2 Å². The first kappa shape index (κ1) is 18.3. The number of methoxy groups -OCH3 is 2. The minimum Gasteiger partial charge on any atom is -0.496 e. The second-order valence-corrected chi connectivity index (χ2v) is 7.30. The number of nitrogens with zero attached hydrogens (tertiary/aromatic N) is 2. The highest BCUT2D eigenvalue weighted by Crippen LogP contribution is 2.35. The molecule has 4 rings (SSSR count). The number of nitrogens with one attached hydrogen (secondary N) is 1. The fraction of sp³-hybridized carbons (Fsp3) is 0.571. The SMILES string of the molecule is COc1ccc(OC)c2nc(N3CCOCC3)c(CNC3CCCC3)cc12. The maximum Gasteiger partial charge on any atom is 0.145 e. The summed E-state index contributed by atoms with van der Waals surface area (Å²) < 4.78 is 16.7. The Bertz CT molecular complexity index is 784. The molecule has 1 aromatic heterocycles. The lowest BCUT2D eigenvalue weighted by atomic mass is 10.1. The molecule has 27 heavy (non-hydrogen) atoms. The summed E-state index contributed by atoms with van der Waals surface area (Å²) in [5, 5.41) is 4.74. The van der Waals surface area contributed by atoms with Crippen LogP contribution in [0.2, 0.25) is 0 Å². The molecule has 1 aliphatic carbocycles. The number of benzene rings is 1. The average Bonchev–Trinajstić information content (AvgIpc) is 3.25. The lowest BCUT2D eigenvalue weighted by molar-refractivity contribution is 0.122. The minimum atomic E-state index is 0.616. The molecule has 2 aromatic rings. The molecule has 1 saturated heterocycles. The molecule has 0 bridgehead atoms. The minimum absolute atomic E-state index is 0.616. The molecule has 1 aliphatic heterocycles. The van der Waals surface area contributed by atoms with Gasteiger partial charge in [-0.2, -0.15) is 0 Å². The Balaban J connectivity index is 1.76. The van der Waals surface area contributed by atoms with E-state index in [9.17, 15) is 0 Å². The van der Waals surface area contributed by atoms with E-state index in [-0.39, 0.29) is 0 Å². The maximum absolute atomic E-state index is 5.60. The van der Waals surface area contributed by atoms with Crippen LogP contribution in [0.15, 0.2) is 18.2 Å². The zero-order valence-corrected chi connectivity index (χ0v) is 16.3. The smallest absolute Gasteiger partial charge is 0.145 e. The lowest BCUT2D eigenvalue weighted by Crippen LogP contribution is -2.38. The van der Waals surface area contributed by atoms with E-state index in [1.807, 2.05) is 12.1 Å². The highest BCUT2D eigenvalue weighted by molar-refractivity contribution is 5.92. The number of rotatable bonds is 6. The molecule has 146 valence electrons. The molecule has 0 unspecified atom stereocenters. The van der Waals surface area contributed by atoms with Crippen LogP contribution in [-0.4, -0.2) is 51.5 Å². The molecule has 6 heteroatoms. The van der Waals surface area contributed by atoms with Crippen molar-refractivity contribution in [3.05, 3.63) is 23.8 Å². The largest absolute Gasteiger partial charge is 0.496 e. The fourth-order valence-electron chi connectivity index (χ4n) is 4.15. The fourth-order valence-corrected chi connectivity index (χ4v) is 4.15. The maximum atomic E-state index is 5.60. The van der Waals surface area contributed by atoms with Crippen molar-refractivity contribution < 1.29 is 14.2 Å². The van der Waals surface area contributed by atoms with Crippen molar-refractivity contribution in [1.29, 1.82) is 0 Å². The van der Waals surface area contributed by atoms with Crippen LogP contribution in [0.25, 0.3) is 10.9 Å². The van der Waals surface area contributed by atoms with Gasteiger partial charge in [-0.1, -0.05) is 12.8 Å². The number of pyridine rings is 1. The average molecular weight is 371 g/mol. The highest BCUT2D eigenvalue weighted by Gasteiger charge is 2.21. The van der Waals surface area contributed by atoms with Gasteiger partial charge in [0.15, 0.2) is 0 Å². The molecule has 0 spiro atoms. The van der Waals surface area contributed by atoms with Crippen LogP contribution in [0.4, 0.5) is 5.82 Å². The van der Waals surface area contributed by atoms with Gasteiger partial charge in [-0.3, -0.25) is 0 Å². The van der Waals surface area contributed by atoms with Crippen molar-refractivity contribution in [1.82, 2.24) is 10.3 Å². The zero-order chi connectivity index (χ0) is 18.6. The number of anilines is 1. The Kier molecular flexibility index (Phi) is 5.64. The third-order valence-corrected chi connectivity index (χ3v) is 5.65. The van der Waals surface area contributed by atoms with Gasteiger partial charge in [-0.05, 0) is 31.0 Å². The third-order valence-electron chi connectivity index (χ3n) is 5.65. The van der Waals surface area contributed by atoms with Crippen LogP contribution in [0, 0.1) is 0 Å². The molecule has 0 amide bonds. The van der Waals surface area contributed by atoms with E-state index in [2.05, 4.69) is 16.3 Å². The van der Waals surface area contributed by atoms with E-state index < -0.39 is 0 Å². The Morgan fingerprint density at radius 1 is 1.11 bits per heavy atom. The van der Waals surface area contributed by atoms with Crippen molar-refractivity contribution >= 4 is 16.7 Å². The van der Waals surface area contributed by atoms with Gasteiger partial charge in [0, 0.05) is 36.6 Å². The van der Waals surface area contributed by atoms with Crippen LogP contribution in [0.1, 0.15) is 31.2 Å². The van der Waals surface area contributed by atoms with E-state index in [1.54, 1.807) is 14.2 Å². The molecule has 6 nitrogen and oxygen atoms in total. The number of morpholine rings is 1. The Hall–Kier alpha value is -2.05. The van der Waals surface area contributed by atoms with Crippen molar-refractivity contribution in [3.8, 4) is 11.5 Å². The summed E-state index contributed by atoms with van der Waals surface area (Å²) in [5.74, 6) is 2.63. The topological polar surface area (TPSA) is 55.9 Å². The monoisotopic (exact) mass is 371 g/mol. The normalized spacial score (nSPS) is 18.2. The number of ether oxygens (including phenoxy) is 3. The summed E-state index contributed by atoms with van der Waals surface area (Å²) in [6.07, 6.45) is 5.19.